The van der Waals surface area contributed by atoms with Crippen molar-refractivity contribution in [3.8, 4) is 11.1 Å². The summed E-state index contributed by atoms with van der Waals surface area (Å²) >= 11 is 11.8. The summed E-state index contributed by atoms with van der Waals surface area (Å²) in [5, 5.41) is 0. The van der Waals surface area contributed by atoms with Gasteiger partial charge in [-0.15, -0.1) is 23.2 Å². The van der Waals surface area contributed by atoms with Gasteiger partial charge in [-0.3, -0.25) is 0 Å². The first-order valence-corrected chi connectivity index (χ1v) is 5.59. The number of alkyl halides is 2. The molecule has 0 aliphatic heterocycles. The maximum Gasteiger partial charge on any atom is 0.133 e. The molecule has 0 aliphatic rings. The molecule has 76 valence electrons. The molecule has 0 bridgehead atoms. The van der Waals surface area contributed by atoms with Crippen LogP contribution in [0.1, 0.15) is 10.4 Å². The maximum atomic E-state index is 5.92. The first kappa shape index (κ1) is 10.5. The summed E-state index contributed by atoms with van der Waals surface area (Å²) in [6, 6.07) is 18.0. The molecule has 0 N–H and O–H groups in total. The van der Waals surface area contributed by atoms with Crippen LogP contribution in [0.5, 0.6) is 0 Å². The first-order chi connectivity index (χ1) is 7.29. The summed E-state index contributed by atoms with van der Waals surface area (Å²) < 4.78 is 0. The highest BCUT2D eigenvalue weighted by Crippen LogP contribution is 2.33. The third kappa shape index (κ3) is 2.34. The minimum absolute atomic E-state index is 0.485. The van der Waals surface area contributed by atoms with Gasteiger partial charge in [-0.05, 0) is 16.7 Å². The van der Waals surface area contributed by atoms with E-state index in [1.807, 2.05) is 42.5 Å². The second kappa shape index (κ2) is 4.69. The second-order valence-electron chi connectivity index (χ2n) is 3.25. The van der Waals surface area contributed by atoms with E-state index < -0.39 is 4.84 Å². The molecule has 0 fully saturated rings. The zero-order valence-electron chi connectivity index (χ0n) is 8.03. The van der Waals surface area contributed by atoms with Crippen LogP contribution in [-0.4, -0.2) is 0 Å². The fourth-order valence-electron chi connectivity index (χ4n) is 1.57. The van der Waals surface area contributed by atoms with Crippen molar-refractivity contribution in [2.45, 2.75) is 4.84 Å². The molecule has 0 radical (unpaired) electrons. The average molecular weight is 237 g/mol. The summed E-state index contributed by atoms with van der Waals surface area (Å²) in [5.41, 5.74) is 3.18. The van der Waals surface area contributed by atoms with Crippen molar-refractivity contribution in [1.82, 2.24) is 0 Å². The molecule has 2 aromatic carbocycles. The van der Waals surface area contributed by atoms with E-state index in [4.69, 9.17) is 23.2 Å². The Morgan fingerprint density at radius 3 is 2.00 bits per heavy atom. The van der Waals surface area contributed by atoms with Crippen molar-refractivity contribution in [1.29, 1.82) is 0 Å². The van der Waals surface area contributed by atoms with Gasteiger partial charge in [-0.25, -0.2) is 0 Å². The molecule has 2 rings (SSSR count). The normalized spacial score (nSPS) is 10.6. The van der Waals surface area contributed by atoms with Crippen molar-refractivity contribution in [2.24, 2.45) is 0 Å². The quantitative estimate of drug-likeness (QED) is 0.656. The highest BCUT2D eigenvalue weighted by atomic mass is 35.5. The average Bonchev–Trinajstić information content (AvgIpc) is 2.30. The monoisotopic (exact) mass is 236 g/mol. The van der Waals surface area contributed by atoms with E-state index in [-0.39, 0.29) is 0 Å². The van der Waals surface area contributed by atoms with E-state index in [1.165, 1.54) is 0 Å². The lowest BCUT2D eigenvalue weighted by Gasteiger charge is -2.09. The minimum atomic E-state index is -0.485. The zero-order chi connectivity index (χ0) is 10.7. The van der Waals surface area contributed by atoms with Gasteiger partial charge in [0.1, 0.15) is 4.84 Å². The third-order valence-corrected chi connectivity index (χ3v) is 2.75. The van der Waals surface area contributed by atoms with E-state index in [0.29, 0.717) is 0 Å². The van der Waals surface area contributed by atoms with Crippen LogP contribution in [0.25, 0.3) is 11.1 Å². The fourth-order valence-corrected chi connectivity index (χ4v) is 1.95. The lowest BCUT2D eigenvalue weighted by atomic mass is 10.0. The van der Waals surface area contributed by atoms with Crippen molar-refractivity contribution in [3.63, 3.8) is 0 Å². The Balaban J connectivity index is 2.53. The van der Waals surface area contributed by atoms with E-state index in [0.717, 1.165) is 16.7 Å². The van der Waals surface area contributed by atoms with Gasteiger partial charge in [0.25, 0.3) is 0 Å². The summed E-state index contributed by atoms with van der Waals surface area (Å²) in [4.78, 5) is -0.485. The third-order valence-electron chi connectivity index (χ3n) is 2.28. The number of halogens is 2. The van der Waals surface area contributed by atoms with Crippen LogP contribution in [0.2, 0.25) is 0 Å². The molecular weight excluding hydrogens is 227 g/mol. The van der Waals surface area contributed by atoms with Crippen LogP contribution in [0, 0.1) is 0 Å². The van der Waals surface area contributed by atoms with Gasteiger partial charge >= 0.3 is 0 Å². The number of benzene rings is 2. The topological polar surface area (TPSA) is 0 Å². The molecule has 0 atom stereocenters. The molecule has 0 saturated heterocycles. The number of hydrogen-bond acceptors (Lipinski definition) is 0. The Morgan fingerprint density at radius 2 is 1.33 bits per heavy atom. The zero-order valence-corrected chi connectivity index (χ0v) is 9.54. The van der Waals surface area contributed by atoms with E-state index >= 15 is 0 Å². The molecule has 0 spiro atoms. The molecule has 0 unspecified atom stereocenters. The summed E-state index contributed by atoms with van der Waals surface area (Å²) in [5.74, 6) is 0. The van der Waals surface area contributed by atoms with Crippen LogP contribution < -0.4 is 0 Å². The minimum Gasteiger partial charge on any atom is -0.100 e. The van der Waals surface area contributed by atoms with Gasteiger partial charge in [0.05, 0.1) is 0 Å². The number of hydrogen-bond donors (Lipinski definition) is 0. The van der Waals surface area contributed by atoms with Crippen LogP contribution in [0.15, 0.2) is 54.6 Å². The second-order valence-corrected chi connectivity index (χ2v) is 4.35. The van der Waals surface area contributed by atoms with Gasteiger partial charge in [0.15, 0.2) is 0 Å². The highest BCUT2D eigenvalue weighted by molar-refractivity contribution is 6.44. The van der Waals surface area contributed by atoms with E-state index in [1.54, 1.807) is 0 Å². The summed E-state index contributed by atoms with van der Waals surface area (Å²) in [7, 11) is 0. The maximum absolute atomic E-state index is 5.92. The summed E-state index contributed by atoms with van der Waals surface area (Å²) in [6.45, 7) is 0. The smallest absolute Gasteiger partial charge is 0.100 e. The Kier molecular flexibility index (Phi) is 3.30. The van der Waals surface area contributed by atoms with Gasteiger partial charge < -0.3 is 0 Å². The fraction of sp³-hybridized carbons (Fsp3) is 0.0769. The largest absolute Gasteiger partial charge is 0.133 e. The van der Waals surface area contributed by atoms with Crippen LogP contribution in [0.4, 0.5) is 0 Å². The lowest BCUT2D eigenvalue weighted by Crippen LogP contribution is -1.87. The van der Waals surface area contributed by atoms with Gasteiger partial charge in [0.2, 0.25) is 0 Å². The molecule has 15 heavy (non-hydrogen) atoms. The van der Waals surface area contributed by atoms with Gasteiger partial charge in [0, 0.05) is 0 Å². The van der Waals surface area contributed by atoms with Crippen molar-refractivity contribution < 1.29 is 0 Å². The Morgan fingerprint density at radius 1 is 0.733 bits per heavy atom. The molecule has 0 amide bonds. The number of rotatable bonds is 2. The molecule has 0 nitrogen and oxygen atoms in total. The predicted octanol–water partition coefficient (Wildman–Crippen LogP) is 4.83. The molecule has 2 aromatic rings. The van der Waals surface area contributed by atoms with Crippen molar-refractivity contribution in [3.05, 3.63) is 60.2 Å². The molecule has 0 aromatic heterocycles. The van der Waals surface area contributed by atoms with Gasteiger partial charge in [-0.2, -0.15) is 0 Å². The SMILES string of the molecule is ClC(Cl)c1ccccc1-c1ccccc1. The van der Waals surface area contributed by atoms with Crippen molar-refractivity contribution >= 4 is 23.2 Å². The van der Waals surface area contributed by atoms with Crippen molar-refractivity contribution in [2.75, 3.05) is 0 Å². The Labute approximate surface area is 99.5 Å². The van der Waals surface area contributed by atoms with Gasteiger partial charge in [-0.1, -0.05) is 54.6 Å². The summed E-state index contributed by atoms with van der Waals surface area (Å²) in [6.07, 6.45) is 0. The highest BCUT2D eigenvalue weighted by Gasteiger charge is 2.09. The predicted molar refractivity (Wildman–Crippen MR) is 66.3 cm³/mol. The first-order valence-electron chi connectivity index (χ1n) is 4.71. The molecule has 2 heteroatoms. The van der Waals surface area contributed by atoms with E-state index in [2.05, 4.69) is 12.1 Å². The Hall–Kier alpha value is -0.980. The lowest BCUT2D eigenvalue weighted by molar-refractivity contribution is 1.35. The van der Waals surface area contributed by atoms with Crippen LogP contribution >= 0.6 is 23.2 Å². The molecule has 0 heterocycles. The molecule has 0 aliphatic carbocycles. The van der Waals surface area contributed by atoms with E-state index in [9.17, 15) is 0 Å². The van der Waals surface area contributed by atoms with Crippen LogP contribution in [-0.2, 0) is 0 Å². The standard InChI is InChI=1S/C13H10Cl2/c14-13(15)12-9-5-4-8-11(12)10-6-2-1-3-7-10/h1-9,13H. The molecule has 0 saturated carbocycles. The molecular formula is C13H10Cl2. The van der Waals surface area contributed by atoms with Crippen LogP contribution in [0.3, 0.4) is 0 Å². The Bertz CT molecular complexity index is 435.